The van der Waals surface area contributed by atoms with Gasteiger partial charge >= 0.3 is 0 Å². The molecule has 0 aliphatic heterocycles. The van der Waals surface area contributed by atoms with E-state index in [1.807, 2.05) is 37.3 Å². The van der Waals surface area contributed by atoms with Crippen LogP contribution in [-0.2, 0) is 0 Å². The lowest BCUT2D eigenvalue weighted by molar-refractivity contribution is 0.276. The maximum atomic E-state index is 13.1. The van der Waals surface area contributed by atoms with Gasteiger partial charge in [0.05, 0.1) is 12.6 Å². The first-order chi connectivity index (χ1) is 8.70. The van der Waals surface area contributed by atoms with E-state index in [9.17, 15) is 9.50 Å². The average Bonchev–Trinajstić information content (AvgIpc) is 2.38. The Labute approximate surface area is 106 Å². The van der Waals surface area contributed by atoms with Crippen LogP contribution in [-0.4, -0.2) is 11.7 Å². The van der Waals surface area contributed by atoms with E-state index in [0.29, 0.717) is 0 Å². The number of benzene rings is 2. The molecule has 2 nitrogen and oxygen atoms in total. The van der Waals surface area contributed by atoms with E-state index in [1.165, 1.54) is 12.1 Å². The van der Waals surface area contributed by atoms with Gasteiger partial charge in [0.15, 0.2) is 0 Å². The van der Waals surface area contributed by atoms with Gasteiger partial charge < -0.3 is 10.4 Å². The van der Waals surface area contributed by atoms with Gasteiger partial charge in [-0.05, 0) is 42.3 Å². The zero-order chi connectivity index (χ0) is 13.0. The standard InChI is InChI=1S/C15H16FNO/c1-11-9-12(16)7-8-14(11)15(10-18)17-13-5-3-2-4-6-13/h2-9,15,17-18H,10H2,1H3. The van der Waals surface area contributed by atoms with Crippen LogP contribution in [0.2, 0.25) is 0 Å². The van der Waals surface area contributed by atoms with Crippen molar-refractivity contribution in [3.05, 3.63) is 65.5 Å². The van der Waals surface area contributed by atoms with Crippen molar-refractivity contribution in [1.82, 2.24) is 0 Å². The number of rotatable bonds is 4. The first-order valence-corrected chi connectivity index (χ1v) is 5.89. The summed E-state index contributed by atoms with van der Waals surface area (Å²) in [4.78, 5) is 0. The first kappa shape index (κ1) is 12.6. The summed E-state index contributed by atoms with van der Waals surface area (Å²) in [6.45, 7) is 1.80. The van der Waals surface area contributed by atoms with Gasteiger partial charge in [-0.1, -0.05) is 24.3 Å². The van der Waals surface area contributed by atoms with Crippen molar-refractivity contribution in [1.29, 1.82) is 0 Å². The summed E-state index contributed by atoms with van der Waals surface area (Å²) in [5.74, 6) is -0.257. The number of aliphatic hydroxyl groups excluding tert-OH is 1. The van der Waals surface area contributed by atoms with Crippen molar-refractivity contribution < 1.29 is 9.50 Å². The van der Waals surface area contributed by atoms with Crippen LogP contribution in [0.1, 0.15) is 17.2 Å². The maximum Gasteiger partial charge on any atom is 0.123 e. The Hall–Kier alpha value is -1.87. The molecule has 2 rings (SSSR count). The van der Waals surface area contributed by atoms with Gasteiger partial charge in [0.25, 0.3) is 0 Å². The van der Waals surface area contributed by atoms with Gasteiger partial charge in [-0.15, -0.1) is 0 Å². The Balaban J connectivity index is 2.23. The highest BCUT2D eigenvalue weighted by molar-refractivity contribution is 5.46. The number of aryl methyl sites for hydroxylation is 1. The number of nitrogens with one attached hydrogen (secondary N) is 1. The second-order valence-electron chi connectivity index (χ2n) is 4.25. The lowest BCUT2D eigenvalue weighted by atomic mass is 10.0. The molecule has 0 heterocycles. The Kier molecular flexibility index (Phi) is 3.95. The summed E-state index contributed by atoms with van der Waals surface area (Å²) < 4.78 is 13.1. The summed E-state index contributed by atoms with van der Waals surface area (Å²) in [5, 5.41) is 12.7. The molecule has 2 aromatic carbocycles. The lowest BCUT2D eigenvalue weighted by Crippen LogP contribution is -2.16. The van der Waals surface area contributed by atoms with Gasteiger partial charge in [-0.3, -0.25) is 0 Å². The smallest absolute Gasteiger partial charge is 0.123 e. The van der Waals surface area contributed by atoms with E-state index in [4.69, 9.17) is 0 Å². The Morgan fingerprint density at radius 1 is 1.17 bits per heavy atom. The van der Waals surface area contributed by atoms with Gasteiger partial charge in [0, 0.05) is 5.69 Å². The quantitative estimate of drug-likeness (QED) is 0.866. The molecule has 94 valence electrons. The fraction of sp³-hybridized carbons (Fsp3) is 0.200. The van der Waals surface area contributed by atoms with E-state index in [-0.39, 0.29) is 18.5 Å². The Morgan fingerprint density at radius 3 is 2.50 bits per heavy atom. The number of hydrogen-bond acceptors (Lipinski definition) is 2. The number of para-hydroxylation sites is 1. The van der Waals surface area contributed by atoms with Crippen LogP contribution in [0.4, 0.5) is 10.1 Å². The monoisotopic (exact) mass is 245 g/mol. The number of aliphatic hydroxyl groups is 1. The molecule has 0 aliphatic rings. The van der Waals surface area contributed by atoms with Crippen LogP contribution in [0.3, 0.4) is 0 Å². The van der Waals surface area contributed by atoms with Gasteiger partial charge in [-0.2, -0.15) is 0 Å². The second-order valence-corrected chi connectivity index (χ2v) is 4.25. The molecule has 0 saturated heterocycles. The molecule has 2 N–H and O–H groups in total. The third-order valence-electron chi connectivity index (χ3n) is 2.90. The molecule has 1 unspecified atom stereocenters. The van der Waals surface area contributed by atoms with Crippen LogP contribution >= 0.6 is 0 Å². The largest absolute Gasteiger partial charge is 0.394 e. The molecule has 0 amide bonds. The minimum absolute atomic E-state index is 0.0403. The van der Waals surface area contributed by atoms with Crippen LogP contribution in [0.15, 0.2) is 48.5 Å². The molecule has 3 heteroatoms. The van der Waals surface area contributed by atoms with E-state index in [2.05, 4.69) is 5.32 Å². The predicted octanol–water partition coefficient (Wildman–Crippen LogP) is 3.28. The summed E-state index contributed by atoms with van der Waals surface area (Å²) in [6.07, 6.45) is 0. The van der Waals surface area contributed by atoms with E-state index in [0.717, 1.165) is 16.8 Å². The summed E-state index contributed by atoms with van der Waals surface area (Å²) in [5.41, 5.74) is 2.67. The van der Waals surface area contributed by atoms with Crippen LogP contribution in [0, 0.1) is 12.7 Å². The van der Waals surface area contributed by atoms with Crippen molar-refractivity contribution in [2.45, 2.75) is 13.0 Å². The summed E-state index contributed by atoms with van der Waals surface area (Å²) in [6, 6.07) is 14.0. The van der Waals surface area contributed by atoms with E-state index >= 15 is 0 Å². The zero-order valence-corrected chi connectivity index (χ0v) is 10.2. The lowest BCUT2D eigenvalue weighted by Gasteiger charge is -2.20. The molecule has 0 spiro atoms. The molecule has 18 heavy (non-hydrogen) atoms. The summed E-state index contributed by atoms with van der Waals surface area (Å²) in [7, 11) is 0. The topological polar surface area (TPSA) is 32.3 Å². The number of hydrogen-bond donors (Lipinski definition) is 2. The van der Waals surface area contributed by atoms with Gasteiger partial charge in [0.2, 0.25) is 0 Å². The van der Waals surface area contributed by atoms with E-state index in [1.54, 1.807) is 6.07 Å². The van der Waals surface area contributed by atoms with Crippen LogP contribution in [0.25, 0.3) is 0 Å². The third-order valence-corrected chi connectivity index (χ3v) is 2.90. The van der Waals surface area contributed by atoms with Crippen molar-refractivity contribution >= 4 is 5.69 Å². The molecule has 2 aromatic rings. The van der Waals surface area contributed by atoms with Crippen molar-refractivity contribution in [2.24, 2.45) is 0 Å². The second kappa shape index (κ2) is 5.65. The number of halogens is 1. The number of anilines is 1. The van der Waals surface area contributed by atoms with Crippen molar-refractivity contribution in [2.75, 3.05) is 11.9 Å². The minimum Gasteiger partial charge on any atom is -0.394 e. The molecule has 0 saturated carbocycles. The molecular formula is C15H16FNO. The highest BCUT2D eigenvalue weighted by atomic mass is 19.1. The summed E-state index contributed by atoms with van der Waals surface area (Å²) >= 11 is 0. The maximum absolute atomic E-state index is 13.1. The van der Waals surface area contributed by atoms with Crippen LogP contribution in [0.5, 0.6) is 0 Å². The molecule has 0 aliphatic carbocycles. The van der Waals surface area contributed by atoms with Gasteiger partial charge in [0.1, 0.15) is 5.82 Å². The molecule has 0 fully saturated rings. The Morgan fingerprint density at radius 2 is 1.89 bits per heavy atom. The molecule has 1 atom stereocenters. The zero-order valence-electron chi connectivity index (χ0n) is 10.2. The highest BCUT2D eigenvalue weighted by Gasteiger charge is 2.12. The minimum atomic E-state index is -0.257. The predicted molar refractivity (Wildman–Crippen MR) is 71.0 cm³/mol. The fourth-order valence-corrected chi connectivity index (χ4v) is 1.99. The van der Waals surface area contributed by atoms with Crippen molar-refractivity contribution in [3.63, 3.8) is 0 Å². The SMILES string of the molecule is Cc1cc(F)ccc1C(CO)Nc1ccccc1. The normalized spacial score (nSPS) is 12.2. The third kappa shape index (κ3) is 2.87. The molecule has 0 aromatic heterocycles. The molecule has 0 bridgehead atoms. The Bertz CT molecular complexity index is 513. The fourth-order valence-electron chi connectivity index (χ4n) is 1.99. The average molecular weight is 245 g/mol. The molecular weight excluding hydrogens is 229 g/mol. The molecule has 0 radical (unpaired) electrons. The van der Waals surface area contributed by atoms with Crippen LogP contribution < -0.4 is 5.32 Å². The highest BCUT2D eigenvalue weighted by Crippen LogP contribution is 2.22. The van der Waals surface area contributed by atoms with E-state index < -0.39 is 0 Å². The first-order valence-electron chi connectivity index (χ1n) is 5.89. The van der Waals surface area contributed by atoms with Gasteiger partial charge in [-0.25, -0.2) is 4.39 Å². The van der Waals surface area contributed by atoms with Crippen molar-refractivity contribution in [3.8, 4) is 0 Å².